The van der Waals surface area contributed by atoms with Crippen LogP contribution in [0, 0.1) is 20.8 Å². The fraction of sp³-hybridized carbons (Fsp3) is 0.158. The van der Waals surface area contributed by atoms with Crippen LogP contribution in [0.4, 0.5) is 11.4 Å². The fourth-order valence-electron chi connectivity index (χ4n) is 2.75. The summed E-state index contributed by atoms with van der Waals surface area (Å²) in [5.74, 6) is 0. The second-order valence-electron chi connectivity index (χ2n) is 5.60. The van der Waals surface area contributed by atoms with E-state index >= 15 is 0 Å². The van der Waals surface area contributed by atoms with E-state index in [0.717, 1.165) is 11.4 Å². The Labute approximate surface area is 125 Å². The monoisotopic (exact) mass is 276 g/mol. The van der Waals surface area contributed by atoms with Crippen molar-refractivity contribution in [3.8, 4) is 0 Å². The van der Waals surface area contributed by atoms with Crippen LogP contribution in [-0.4, -0.2) is 0 Å². The molecule has 0 radical (unpaired) electrons. The molecule has 0 unspecified atom stereocenters. The van der Waals surface area contributed by atoms with Gasteiger partial charge in [0.05, 0.1) is 11.4 Å². The van der Waals surface area contributed by atoms with Crippen LogP contribution in [0.1, 0.15) is 16.7 Å². The Balaban J connectivity index is 1.90. The topological polar surface area (TPSA) is 24.1 Å². The number of hydrazine groups is 1. The number of rotatable bonds is 3. The maximum atomic E-state index is 3.34. The molecule has 3 rings (SSSR count). The van der Waals surface area contributed by atoms with Gasteiger partial charge in [-0.3, -0.25) is 0 Å². The highest BCUT2D eigenvalue weighted by Crippen LogP contribution is 2.26. The van der Waals surface area contributed by atoms with Crippen molar-refractivity contribution in [1.82, 2.24) is 0 Å². The molecule has 3 aromatic carbocycles. The van der Waals surface area contributed by atoms with Gasteiger partial charge in [0.15, 0.2) is 0 Å². The molecule has 0 aliphatic heterocycles. The molecule has 0 heterocycles. The molecule has 2 nitrogen and oxygen atoms in total. The second-order valence-corrected chi connectivity index (χ2v) is 5.60. The van der Waals surface area contributed by atoms with E-state index in [1.54, 1.807) is 0 Å². The maximum absolute atomic E-state index is 3.34. The molecule has 0 aliphatic rings. The molecule has 0 saturated carbocycles. The van der Waals surface area contributed by atoms with Gasteiger partial charge < -0.3 is 10.9 Å². The van der Waals surface area contributed by atoms with Gasteiger partial charge in [-0.1, -0.05) is 36.4 Å². The zero-order valence-electron chi connectivity index (χ0n) is 12.7. The molecule has 21 heavy (non-hydrogen) atoms. The predicted octanol–water partition coefficient (Wildman–Crippen LogP) is 5.20. The van der Waals surface area contributed by atoms with E-state index in [4.69, 9.17) is 0 Å². The lowest BCUT2D eigenvalue weighted by atomic mass is 10.0. The zero-order valence-corrected chi connectivity index (χ0v) is 12.7. The quantitative estimate of drug-likeness (QED) is 0.642. The van der Waals surface area contributed by atoms with Crippen LogP contribution in [0.5, 0.6) is 0 Å². The van der Waals surface area contributed by atoms with E-state index in [1.807, 2.05) is 0 Å². The minimum atomic E-state index is 1.08. The number of hydrogen-bond acceptors (Lipinski definition) is 2. The van der Waals surface area contributed by atoms with Crippen molar-refractivity contribution < 1.29 is 0 Å². The number of anilines is 2. The Morgan fingerprint density at radius 2 is 1.33 bits per heavy atom. The third-order valence-electron chi connectivity index (χ3n) is 3.71. The van der Waals surface area contributed by atoms with Crippen molar-refractivity contribution in [2.45, 2.75) is 20.8 Å². The molecule has 0 amide bonds. The largest absolute Gasteiger partial charge is 0.301 e. The third kappa shape index (κ3) is 2.84. The van der Waals surface area contributed by atoms with Crippen LogP contribution in [0.25, 0.3) is 10.8 Å². The number of nitrogens with one attached hydrogen (secondary N) is 2. The Kier molecular flexibility index (Phi) is 3.53. The Morgan fingerprint density at radius 3 is 2.05 bits per heavy atom. The summed E-state index contributed by atoms with van der Waals surface area (Å²) in [5, 5.41) is 2.51. The lowest BCUT2D eigenvalue weighted by molar-refractivity contribution is 1.34. The third-order valence-corrected chi connectivity index (χ3v) is 3.71. The summed E-state index contributed by atoms with van der Waals surface area (Å²) in [6.45, 7) is 6.36. The van der Waals surface area contributed by atoms with Gasteiger partial charge in [0.2, 0.25) is 0 Å². The average Bonchev–Trinajstić information content (AvgIpc) is 2.46. The highest BCUT2D eigenvalue weighted by Gasteiger charge is 2.03. The first kappa shape index (κ1) is 13.5. The van der Waals surface area contributed by atoms with E-state index < -0.39 is 0 Å². The summed E-state index contributed by atoms with van der Waals surface area (Å²) in [4.78, 5) is 0. The van der Waals surface area contributed by atoms with Gasteiger partial charge in [0.1, 0.15) is 0 Å². The van der Waals surface area contributed by atoms with Crippen molar-refractivity contribution in [1.29, 1.82) is 0 Å². The summed E-state index contributed by atoms with van der Waals surface area (Å²) < 4.78 is 0. The Morgan fingerprint density at radius 1 is 0.667 bits per heavy atom. The SMILES string of the molecule is Cc1cc(C)cc(NNc2ccc(C)c3ccccc23)c1. The molecule has 0 fully saturated rings. The van der Waals surface area contributed by atoms with Crippen molar-refractivity contribution in [3.63, 3.8) is 0 Å². The standard InChI is InChI=1S/C19H20N2/c1-13-10-14(2)12-16(11-13)20-21-19-9-8-15(3)17-6-4-5-7-18(17)19/h4-12,20-21H,1-3H3. The van der Waals surface area contributed by atoms with Crippen molar-refractivity contribution in [2.75, 3.05) is 10.9 Å². The zero-order chi connectivity index (χ0) is 14.8. The minimum Gasteiger partial charge on any atom is -0.301 e. The summed E-state index contributed by atoms with van der Waals surface area (Å²) >= 11 is 0. The Hall–Kier alpha value is -2.48. The van der Waals surface area contributed by atoms with Crippen LogP contribution >= 0.6 is 0 Å². The molecular formula is C19H20N2. The average molecular weight is 276 g/mol. The number of hydrogen-bond donors (Lipinski definition) is 2. The van der Waals surface area contributed by atoms with Crippen molar-refractivity contribution in [2.24, 2.45) is 0 Å². The van der Waals surface area contributed by atoms with Crippen molar-refractivity contribution in [3.05, 3.63) is 71.3 Å². The summed E-state index contributed by atoms with van der Waals surface area (Å²) in [6, 6.07) is 19.2. The van der Waals surface area contributed by atoms with E-state index in [1.165, 1.54) is 27.5 Å². The second kappa shape index (κ2) is 5.49. The van der Waals surface area contributed by atoms with Crippen LogP contribution < -0.4 is 10.9 Å². The van der Waals surface area contributed by atoms with Gasteiger partial charge in [-0.15, -0.1) is 0 Å². The number of fused-ring (bicyclic) bond motifs is 1. The van der Waals surface area contributed by atoms with Crippen LogP contribution in [0.2, 0.25) is 0 Å². The van der Waals surface area contributed by atoms with Gasteiger partial charge in [-0.05, 0) is 61.0 Å². The van der Waals surface area contributed by atoms with Gasteiger partial charge in [-0.2, -0.15) is 0 Å². The first-order chi connectivity index (χ1) is 10.1. The fourth-order valence-corrected chi connectivity index (χ4v) is 2.75. The molecule has 0 aliphatic carbocycles. The van der Waals surface area contributed by atoms with E-state index in [-0.39, 0.29) is 0 Å². The predicted molar refractivity (Wildman–Crippen MR) is 91.8 cm³/mol. The molecule has 106 valence electrons. The van der Waals surface area contributed by atoms with E-state index in [0.29, 0.717) is 0 Å². The van der Waals surface area contributed by atoms with Crippen LogP contribution in [-0.2, 0) is 0 Å². The molecule has 3 aromatic rings. The smallest absolute Gasteiger partial charge is 0.0618 e. The highest BCUT2D eigenvalue weighted by molar-refractivity contribution is 5.96. The molecule has 2 heteroatoms. The van der Waals surface area contributed by atoms with Crippen molar-refractivity contribution >= 4 is 22.1 Å². The summed E-state index contributed by atoms with van der Waals surface area (Å²) in [5.41, 5.74) is 12.6. The summed E-state index contributed by atoms with van der Waals surface area (Å²) in [7, 11) is 0. The number of aryl methyl sites for hydroxylation is 3. The Bertz CT molecular complexity index is 770. The molecule has 2 N–H and O–H groups in total. The first-order valence-electron chi connectivity index (χ1n) is 7.22. The highest BCUT2D eigenvalue weighted by atomic mass is 15.4. The normalized spacial score (nSPS) is 10.6. The molecule has 0 spiro atoms. The van der Waals surface area contributed by atoms with E-state index in [9.17, 15) is 0 Å². The van der Waals surface area contributed by atoms with Gasteiger partial charge in [0, 0.05) is 5.39 Å². The first-order valence-corrected chi connectivity index (χ1v) is 7.22. The van der Waals surface area contributed by atoms with Crippen LogP contribution in [0.15, 0.2) is 54.6 Å². The van der Waals surface area contributed by atoms with E-state index in [2.05, 4.69) is 86.2 Å². The molecule has 0 atom stereocenters. The maximum Gasteiger partial charge on any atom is 0.0618 e. The van der Waals surface area contributed by atoms with Crippen LogP contribution in [0.3, 0.4) is 0 Å². The molecular weight excluding hydrogens is 256 g/mol. The lowest BCUT2D eigenvalue weighted by Gasteiger charge is -2.14. The van der Waals surface area contributed by atoms with Gasteiger partial charge in [0.25, 0.3) is 0 Å². The minimum absolute atomic E-state index is 1.08. The van der Waals surface area contributed by atoms with Gasteiger partial charge >= 0.3 is 0 Å². The summed E-state index contributed by atoms with van der Waals surface area (Å²) in [6.07, 6.45) is 0. The molecule has 0 bridgehead atoms. The number of benzene rings is 3. The molecule has 0 aromatic heterocycles. The lowest BCUT2D eigenvalue weighted by Crippen LogP contribution is -2.09. The molecule has 0 saturated heterocycles. The van der Waals surface area contributed by atoms with Gasteiger partial charge in [-0.25, -0.2) is 0 Å².